The van der Waals surface area contributed by atoms with Crippen LogP contribution in [0.15, 0.2) is 24.3 Å². The van der Waals surface area contributed by atoms with Crippen molar-refractivity contribution in [1.82, 2.24) is 15.5 Å². The van der Waals surface area contributed by atoms with Gasteiger partial charge in [-0.25, -0.2) is 0 Å². The molecule has 0 fully saturated rings. The SMILES string of the molecule is CCN(CC)CCNC(=O)c1ccc(NC(=S)NC(=O)CCC(=O)OC)cc1. The molecule has 9 heteroatoms. The number of nitrogens with zero attached hydrogens (tertiary/aromatic N) is 1. The van der Waals surface area contributed by atoms with Crippen LogP contribution in [-0.2, 0) is 14.3 Å². The minimum Gasteiger partial charge on any atom is -0.469 e. The van der Waals surface area contributed by atoms with Crippen LogP contribution in [0.2, 0.25) is 0 Å². The average Bonchev–Trinajstić information content (AvgIpc) is 2.69. The molecule has 0 aliphatic heterocycles. The number of nitrogens with one attached hydrogen (secondary N) is 3. The number of likely N-dealkylation sites (N-methyl/N-ethyl adjacent to an activating group) is 1. The molecule has 1 aromatic carbocycles. The van der Waals surface area contributed by atoms with Gasteiger partial charge in [0.15, 0.2) is 5.11 Å². The van der Waals surface area contributed by atoms with Crippen LogP contribution in [0.1, 0.15) is 37.0 Å². The Bertz CT molecular complexity index is 675. The minimum absolute atomic E-state index is 0.0109. The van der Waals surface area contributed by atoms with Crippen LogP contribution in [0.25, 0.3) is 0 Å². The predicted octanol–water partition coefficient (Wildman–Crippen LogP) is 1.52. The van der Waals surface area contributed by atoms with E-state index in [2.05, 4.69) is 39.4 Å². The molecule has 0 aromatic heterocycles. The van der Waals surface area contributed by atoms with Crippen LogP contribution >= 0.6 is 12.2 Å². The Balaban J connectivity index is 2.42. The van der Waals surface area contributed by atoms with E-state index in [1.807, 2.05) is 0 Å². The van der Waals surface area contributed by atoms with Crippen LogP contribution in [-0.4, -0.2) is 61.1 Å². The van der Waals surface area contributed by atoms with Crippen molar-refractivity contribution in [3.05, 3.63) is 29.8 Å². The third-order valence-corrected chi connectivity index (χ3v) is 4.25. The van der Waals surface area contributed by atoms with Crippen LogP contribution in [0, 0.1) is 0 Å². The standard InChI is InChI=1S/C19H28N4O4S/c1-4-23(5-2)13-12-20-18(26)14-6-8-15(9-7-14)21-19(28)22-16(24)10-11-17(25)27-3/h6-9H,4-5,10-13H2,1-3H3,(H,20,26)(H2,21,22,24,28). The quantitative estimate of drug-likeness (QED) is 0.399. The average molecular weight is 409 g/mol. The van der Waals surface area contributed by atoms with Crippen molar-refractivity contribution in [2.45, 2.75) is 26.7 Å². The molecule has 0 unspecified atom stereocenters. The first-order chi connectivity index (χ1) is 13.4. The maximum atomic E-state index is 12.2. The molecule has 0 atom stereocenters. The molecule has 0 bridgehead atoms. The highest BCUT2D eigenvalue weighted by atomic mass is 32.1. The number of carbonyl (C=O) groups excluding carboxylic acids is 3. The number of thiocarbonyl (C=S) groups is 1. The number of carbonyl (C=O) groups is 3. The van der Waals surface area contributed by atoms with E-state index < -0.39 is 5.97 Å². The van der Waals surface area contributed by atoms with Crippen molar-refractivity contribution in [3.63, 3.8) is 0 Å². The zero-order valence-corrected chi connectivity index (χ0v) is 17.4. The first-order valence-electron chi connectivity index (χ1n) is 9.17. The highest BCUT2D eigenvalue weighted by molar-refractivity contribution is 7.80. The summed E-state index contributed by atoms with van der Waals surface area (Å²) in [6, 6.07) is 6.76. The highest BCUT2D eigenvalue weighted by Crippen LogP contribution is 2.09. The molecule has 0 heterocycles. The lowest BCUT2D eigenvalue weighted by atomic mass is 10.2. The number of hydrogen-bond acceptors (Lipinski definition) is 6. The molecular formula is C19H28N4O4S. The van der Waals surface area contributed by atoms with E-state index in [0.29, 0.717) is 17.8 Å². The first-order valence-corrected chi connectivity index (χ1v) is 9.58. The molecule has 8 nitrogen and oxygen atoms in total. The Morgan fingerprint density at radius 1 is 1.07 bits per heavy atom. The lowest BCUT2D eigenvalue weighted by Crippen LogP contribution is -2.35. The summed E-state index contributed by atoms with van der Waals surface area (Å²) in [5.74, 6) is -0.982. The summed E-state index contributed by atoms with van der Waals surface area (Å²) in [6.07, 6.45) is -0.0237. The largest absolute Gasteiger partial charge is 0.469 e. The zero-order chi connectivity index (χ0) is 20.9. The number of benzene rings is 1. The van der Waals surface area contributed by atoms with Gasteiger partial charge < -0.3 is 25.6 Å². The lowest BCUT2D eigenvalue weighted by molar-refractivity contribution is -0.142. The summed E-state index contributed by atoms with van der Waals surface area (Å²) >= 11 is 5.07. The minimum atomic E-state index is -0.458. The van der Waals surface area contributed by atoms with Gasteiger partial charge in [-0.15, -0.1) is 0 Å². The molecule has 0 saturated carbocycles. The van der Waals surface area contributed by atoms with Gasteiger partial charge in [0.1, 0.15) is 0 Å². The second kappa shape index (κ2) is 12.8. The third kappa shape index (κ3) is 8.92. The van der Waals surface area contributed by atoms with Gasteiger partial charge in [-0.3, -0.25) is 14.4 Å². The molecule has 1 aromatic rings. The number of methoxy groups -OCH3 is 1. The van der Waals surface area contributed by atoms with Gasteiger partial charge in [0.05, 0.1) is 13.5 Å². The molecule has 2 amide bonds. The van der Waals surface area contributed by atoms with E-state index in [1.165, 1.54) is 7.11 Å². The van der Waals surface area contributed by atoms with E-state index in [9.17, 15) is 14.4 Å². The zero-order valence-electron chi connectivity index (χ0n) is 16.5. The fraction of sp³-hybridized carbons (Fsp3) is 0.474. The summed E-state index contributed by atoms with van der Waals surface area (Å²) < 4.78 is 4.48. The number of rotatable bonds is 10. The number of amides is 2. The third-order valence-electron chi connectivity index (χ3n) is 4.05. The lowest BCUT2D eigenvalue weighted by Gasteiger charge is -2.18. The van der Waals surface area contributed by atoms with Crippen LogP contribution in [0.5, 0.6) is 0 Å². The maximum absolute atomic E-state index is 12.2. The van der Waals surface area contributed by atoms with Crippen LogP contribution in [0.4, 0.5) is 5.69 Å². The molecule has 1 rings (SSSR count). The van der Waals surface area contributed by atoms with E-state index in [0.717, 1.165) is 19.6 Å². The molecule has 154 valence electrons. The highest BCUT2D eigenvalue weighted by Gasteiger charge is 2.10. The molecule has 0 aliphatic carbocycles. The summed E-state index contributed by atoms with van der Waals surface area (Å²) in [6.45, 7) is 7.47. The van der Waals surface area contributed by atoms with Crippen LogP contribution < -0.4 is 16.0 Å². The van der Waals surface area contributed by atoms with E-state index >= 15 is 0 Å². The van der Waals surface area contributed by atoms with Gasteiger partial charge in [-0.2, -0.15) is 0 Å². The van der Waals surface area contributed by atoms with Crippen molar-refractivity contribution in [3.8, 4) is 0 Å². The van der Waals surface area contributed by atoms with Crippen molar-refractivity contribution < 1.29 is 19.1 Å². The fourth-order valence-corrected chi connectivity index (χ4v) is 2.58. The second-order valence-corrected chi connectivity index (χ2v) is 6.35. The Hall–Kier alpha value is -2.52. The maximum Gasteiger partial charge on any atom is 0.306 e. The van der Waals surface area contributed by atoms with Crippen molar-refractivity contribution in [2.24, 2.45) is 0 Å². The van der Waals surface area contributed by atoms with E-state index in [4.69, 9.17) is 12.2 Å². The number of anilines is 1. The fourth-order valence-electron chi connectivity index (χ4n) is 2.34. The summed E-state index contributed by atoms with van der Waals surface area (Å²) in [4.78, 5) is 37.1. The Kier molecular flexibility index (Phi) is 10.7. The molecule has 0 saturated heterocycles. The molecule has 0 spiro atoms. The second-order valence-electron chi connectivity index (χ2n) is 5.94. The smallest absolute Gasteiger partial charge is 0.306 e. The topological polar surface area (TPSA) is 99.8 Å². The molecule has 3 N–H and O–H groups in total. The predicted molar refractivity (Wildman–Crippen MR) is 112 cm³/mol. The Morgan fingerprint density at radius 3 is 2.29 bits per heavy atom. The van der Waals surface area contributed by atoms with Crippen molar-refractivity contribution in [1.29, 1.82) is 0 Å². The van der Waals surface area contributed by atoms with Gasteiger partial charge in [-0.05, 0) is 49.6 Å². The number of esters is 1. The number of hydrogen-bond donors (Lipinski definition) is 3. The Morgan fingerprint density at radius 2 is 1.71 bits per heavy atom. The molecular weight excluding hydrogens is 380 g/mol. The molecule has 0 radical (unpaired) electrons. The van der Waals surface area contributed by atoms with Gasteiger partial charge in [0.25, 0.3) is 5.91 Å². The van der Waals surface area contributed by atoms with Crippen molar-refractivity contribution >= 4 is 40.8 Å². The van der Waals surface area contributed by atoms with E-state index in [-0.39, 0.29) is 29.8 Å². The summed E-state index contributed by atoms with van der Waals surface area (Å²) in [5, 5.41) is 8.35. The molecule has 0 aliphatic rings. The van der Waals surface area contributed by atoms with Gasteiger partial charge in [0.2, 0.25) is 5.91 Å². The number of ether oxygens (including phenoxy) is 1. The monoisotopic (exact) mass is 408 g/mol. The van der Waals surface area contributed by atoms with Gasteiger partial charge in [0, 0.05) is 30.8 Å². The van der Waals surface area contributed by atoms with Gasteiger partial charge in [-0.1, -0.05) is 13.8 Å². The van der Waals surface area contributed by atoms with Crippen molar-refractivity contribution in [2.75, 3.05) is 38.6 Å². The molecule has 28 heavy (non-hydrogen) atoms. The summed E-state index contributed by atoms with van der Waals surface area (Å²) in [7, 11) is 1.27. The Labute approximate surface area is 171 Å². The van der Waals surface area contributed by atoms with Gasteiger partial charge >= 0.3 is 5.97 Å². The van der Waals surface area contributed by atoms with E-state index in [1.54, 1.807) is 24.3 Å². The summed E-state index contributed by atoms with van der Waals surface area (Å²) in [5.41, 5.74) is 1.18. The normalized spacial score (nSPS) is 10.3. The first kappa shape index (κ1) is 23.5. The van der Waals surface area contributed by atoms with Crippen LogP contribution in [0.3, 0.4) is 0 Å².